The number of hydrogen-bond acceptors (Lipinski definition) is 4. The zero-order chi connectivity index (χ0) is 10.9. The second-order valence-electron chi connectivity index (χ2n) is 4.87. The summed E-state index contributed by atoms with van der Waals surface area (Å²) in [5.74, 6) is 2.21. The maximum atomic E-state index is 10.8. The predicted molar refractivity (Wildman–Crippen MR) is 60.0 cm³/mol. The van der Waals surface area contributed by atoms with Crippen LogP contribution >= 0.6 is 11.8 Å². The standard InChI is InChI=1S/C11H18O3S/c1-10(13,7-12)9-2-4-14-11(6-9)3-5-15-8-11/h7,9,13H,2-6,8H2,1H3. The molecule has 3 atom stereocenters. The van der Waals surface area contributed by atoms with Gasteiger partial charge < -0.3 is 14.6 Å². The van der Waals surface area contributed by atoms with Crippen molar-refractivity contribution in [2.75, 3.05) is 18.1 Å². The minimum Gasteiger partial charge on any atom is -0.382 e. The molecule has 2 fully saturated rings. The maximum absolute atomic E-state index is 10.8. The summed E-state index contributed by atoms with van der Waals surface area (Å²) >= 11 is 1.90. The first-order chi connectivity index (χ1) is 7.08. The molecule has 0 amide bonds. The summed E-state index contributed by atoms with van der Waals surface area (Å²) in [5, 5.41) is 9.96. The van der Waals surface area contributed by atoms with Gasteiger partial charge in [0.05, 0.1) is 5.60 Å². The summed E-state index contributed by atoms with van der Waals surface area (Å²) in [5.41, 5.74) is -1.23. The zero-order valence-corrected chi connectivity index (χ0v) is 9.89. The van der Waals surface area contributed by atoms with E-state index in [0.717, 1.165) is 30.8 Å². The first-order valence-electron chi connectivity index (χ1n) is 5.48. The van der Waals surface area contributed by atoms with Crippen molar-refractivity contribution < 1.29 is 14.6 Å². The summed E-state index contributed by atoms with van der Waals surface area (Å²) in [6.07, 6.45) is 3.35. The van der Waals surface area contributed by atoms with Crippen LogP contribution in [-0.2, 0) is 9.53 Å². The van der Waals surface area contributed by atoms with Crippen molar-refractivity contribution in [3.05, 3.63) is 0 Å². The third kappa shape index (κ3) is 2.22. The number of carbonyl (C=O) groups is 1. The molecule has 2 rings (SSSR count). The van der Waals surface area contributed by atoms with Gasteiger partial charge in [0, 0.05) is 12.4 Å². The molecule has 0 aliphatic carbocycles. The Morgan fingerprint density at radius 3 is 3.07 bits per heavy atom. The van der Waals surface area contributed by atoms with Crippen molar-refractivity contribution in [2.24, 2.45) is 5.92 Å². The molecule has 0 radical (unpaired) electrons. The first-order valence-corrected chi connectivity index (χ1v) is 6.64. The fourth-order valence-electron chi connectivity index (χ4n) is 2.49. The molecular weight excluding hydrogens is 212 g/mol. The number of ether oxygens (including phenoxy) is 1. The summed E-state index contributed by atoms with van der Waals surface area (Å²) in [6, 6.07) is 0. The Kier molecular flexibility index (Phi) is 3.10. The van der Waals surface area contributed by atoms with Crippen molar-refractivity contribution in [3.63, 3.8) is 0 Å². The molecule has 86 valence electrons. The number of carbonyl (C=O) groups excluding carboxylic acids is 1. The molecule has 2 aliphatic rings. The normalized spacial score (nSPS) is 40.3. The summed E-state index contributed by atoms with van der Waals surface area (Å²) in [4.78, 5) is 10.8. The molecule has 0 aromatic heterocycles. The van der Waals surface area contributed by atoms with Crippen LogP contribution in [0.5, 0.6) is 0 Å². The van der Waals surface area contributed by atoms with Crippen LogP contribution in [0.2, 0.25) is 0 Å². The Labute approximate surface area is 94.6 Å². The van der Waals surface area contributed by atoms with E-state index in [0.29, 0.717) is 12.9 Å². The molecule has 2 aliphatic heterocycles. The third-order valence-corrected chi connectivity index (χ3v) is 4.85. The van der Waals surface area contributed by atoms with Crippen LogP contribution in [0, 0.1) is 5.92 Å². The second kappa shape index (κ2) is 4.07. The number of aliphatic hydroxyl groups is 1. The molecule has 1 spiro atoms. The smallest absolute Gasteiger partial charge is 0.151 e. The highest BCUT2D eigenvalue weighted by atomic mass is 32.2. The first kappa shape index (κ1) is 11.4. The fraction of sp³-hybridized carbons (Fsp3) is 0.909. The van der Waals surface area contributed by atoms with Crippen LogP contribution in [0.3, 0.4) is 0 Å². The lowest BCUT2D eigenvalue weighted by Gasteiger charge is -2.41. The monoisotopic (exact) mass is 230 g/mol. The van der Waals surface area contributed by atoms with Crippen molar-refractivity contribution in [2.45, 2.75) is 37.4 Å². The highest BCUT2D eigenvalue weighted by molar-refractivity contribution is 7.99. The molecule has 4 heteroatoms. The van der Waals surface area contributed by atoms with E-state index in [1.54, 1.807) is 6.92 Å². The molecule has 0 bridgehead atoms. The van der Waals surface area contributed by atoms with Gasteiger partial charge in [-0.25, -0.2) is 0 Å². The van der Waals surface area contributed by atoms with Crippen LogP contribution in [0.1, 0.15) is 26.2 Å². The topological polar surface area (TPSA) is 46.5 Å². The van der Waals surface area contributed by atoms with E-state index in [4.69, 9.17) is 4.74 Å². The molecule has 3 unspecified atom stereocenters. The van der Waals surface area contributed by atoms with Gasteiger partial charge in [0.2, 0.25) is 0 Å². The van der Waals surface area contributed by atoms with Crippen LogP contribution in [0.15, 0.2) is 0 Å². The summed E-state index contributed by atoms with van der Waals surface area (Å²) < 4.78 is 5.85. The van der Waals surface area contributed by atoms with E-state index in [2.05, 4.69) is 0 Å². The molecule has 2 heterocycles. The van der Waals surface area contributed by atoms with Gasteiger partial charge in [-0.2, -0.15) is 11.8 Å². The van der Waals surface area contributed by atoms with Gasteiger partial charge in [0.25, 0.3) is 0 Å². The zero-order valence-electron chi connectivity index (χ0n) is 9.07. The van der Waals surface area contributed by atoms with Gasteiger partial charge in [-0.15, -0.1) is 0 Å². The molecule has 0 aromatic rings. The van der Waals surface area contributed by atoms with Crippen molar-refractivity contribution in [3.8, 4) is 0 Å². The van der Waals surface area contributed by atoms with Gasteiger partial charge in [0.1, 0.15) is 5.60 Å². The Morgan fingerprint density at radius 1 is 1.67 bits per heavy atom. The SMILES string of the molecule is CC(O)(C=O)C1CCOC2(CCSC2)C1. The van der Waals surface area contributed by atoms with Crippen molar-refractivity contribution in [1.29, 1.82) is 0 Å². The van der Waals surface area contributed by atoms with Crippen molar-refractivity contribution in [1.82, 2.24) is 0 Å². The van der Waals surface area contributed by atoms with Crippen LogP contribution in [-0.4, -0.2) is 40.7 Å². The van der Waals surface area contributed by atoms with E-state index >= 15 is 0 Å². The Morgan fingerprint density at radius 2 is 2.47 bits per heavy atom. The quantitative estimate of drug-likeness (QED) is 0.725. The van der Waals surface area contributed by atoms with E-state index < -0.39 is 5.60 Å². The lowest BCUT2D eigenvalue weighted by atomic mass is 9.77. The highest BCUT2D eigenvalue weighted by Gasteiger charge is 2.45. The summed E-state index contributed by atoms with van der Waals surface area (Å²) in [6.45, 7) is 2.29. The molecule has 1 N–H and O–H groups in total. The van der Waals surface area contributed by atoms with Crippen LogP contribution < -0.4 is 0 Å². The molecule has 0 aromatic carbocycles. The number of aldehydes is 1. The highest BCUT2D eigenvalue weighted by Crippen LogP contribution is 2.42. The molecule has 3 nitrogen and oxygen atoms in total. The largest absolute Gasteiger partial charge is 0.382 e. The fourth-order valence-corrected chi connectivity index (χ4v) is 3.86. The molecule has 2 saturated heterocycles. The van der Waals surface area contributed by atoms with Gasteiger partial charge in [-0.1, -0.05) is 0 Å². The Balaban J connectivity index is 2.07. The average molecular weight is 230 g/mol. The van der Waals surface area contributed by atoms with Gasteiger partial charge in [-0.3, -0.25) is 0 Å². The molecular formula is C11H18O3S. The maximum Gasteiger partial charge on any atom is 0.151 e. The van der Waals surface area contributed by atoms with Crippen LogP contribution in [0.4, 0.5) is 0 Å². The lowest BCUT2D eigenvalue weighted by Crippen LogP contribution is -2.48. The minimum absolute atomic E-state index is 0.0550. The van der Waals surface area contributed by atoms with Gasteiger partial charge in [0.15, 0.2) is 6.29 Å². The van der Waals surface area contributed by atoms with E-state index in [1.165, 1.54) is 0 Å². The Hall–Kier alpha value is -0.0600. The molecule has 15 heavy (non-hydrogen) atoms. The van der Waals surface area contributed by atoms with Crippen LogP contribution in [0.25, 0.3) is 0 Å². The number of rotatable bonds is 2. The summed E-state index contributed by atoms with van der Waals surface area (Å²) in [7, 11) is 0. The molecule has 0 saturated carbocycles. The predicted octanol–water partition coefficient (Wildman–Crippen LogP) is 1.24. The van der Waals surface area contributed by atoms with E-state index in [-0.39, 0.29) is 11.5 Å². The number of thioether (sulfide) groups is 1. The minimum atomic E-state index is -1.18. The van der Waals surface area contributed by atoms with E-state index in [1.807, 2.05) is 11.8 Å². The average Bonchev–Trinajstić information content (AvgIpc) is 2.66. The van der Waals surface area contributed by atoms with Crippen molar-refractivity contribution >= 4 is 18.0 Å². The van der Waals surface area contributed by atoms with Gasteiger partial charge >= 0.3 is 0 Å². The third-order valence-electron chi connectivity index (χ3n) is 3.63. The van der Waals surface area contributed by atoms with Gasteiger partial charge in [-0.05, 0) is 37.9 Å². The van der Waals surface area contributed by atoms with E-state index in [9.17, 15) is 9.90 Å². The second-order valence-corrected chi connectivity index (χ2v) is 5.97. The lowest BCUT2D eigenvalue weighted by molar-refractivity contribution is -0.145. The Bertz CT molecular complexity index is 246. The number of hydrogen-bond donors (Lipinski definition) is 1.